The van der Waals surface area contributed by atoms with E-state index in [9.17, 15) is 9.59 Å². The number of fused-ring (bicyclic) bond motifs is 1. The van der Waals surface area contributed by atoms with Crippen LogP contribution in [-0.4, -0.2) is 17.6 Å². The lowest BCUT2D eigenvalue weighted by Crippen LogP contribution is -2.12. The quantitative estimate of drug-likeness (QED) is 0.761. The monoisotopic (exact) mass is 376 g/mol. The first-order valence-electron chi connectivity index (χ1n) is 6.74. The zero-order valence-corrected chi connectivity index (χ0v) is 14.0. The largest absolute Gasteiger partial charge is 0.496 e. The third kappa shape index (κ3) is 2.87. The van der Waals surface area contributed by atoms with Crippen molar-refractivity contribution in [3.8, 4) is 5.75 Å². The normalized spacial score (nSPS) is 10.7. The molecular formula is C16H13BrN2O4. The van der Waals surface area contributed by atoms with Gasteiger partial charge < -0.3 is 14.5 Å². The van der Waals surface area contributed by atoms with Gasteiger partial charge in [0.15, 0.2) is 5.58 Å². The third-order valence-corrected chi connectivity index (χ3v) is 4.08. The number of carbonyl (C=O) groups is 1. The van der Waals surface area contributed by atoms with E-state index in [-0.39, 0.29) is 5.91 Å². The topological polar surface area (TPSA) is 73.5 Å². The number of aryl methyl sites for hydroxylation is 1. The van der Waals surface area contributed by atoms with Crippen molar-refractivity contribution >= 4 is 38.6 Å². The summed E-state index contributed by atoms with van der Waals surface area (Å²) in [6.07, 6.45) is 0. The van der Waals surface area contributed by atoms with Crippen LogP contribution in [0.2, 0.25) is 0 Å². The van der Waals surface area contributed by atoms with E-state index in [0.29, 0.717) is 32.6 Å². The van der Waals surface area contributed by atoms with E-state index in [1.807, 2.05) is 0 Å². The molecule has 0 spiro atoms. The molecule has 0 aliphatic rings. The van der Waals surface area contributed by atoms with Crippen LogP contribution in [0.3, 0.4) is 0 Å². The fourth-order valence-corrected chi connectivity index (χ4v) is 2.76. The van der Waals surface area contributed by atoms with Crippen LogP contribution < -0.4 is 15.8 Å². The van der Waals surface area contributed by atoms with Crippen LogP contribution in [0.5, 0.6) is 5.75 Å². The summed E-state index contributed by atoms with van der Waals surface area (Å²) in [4.78, 5) is 23.8. The van der Waals surface area contributed by atoms with Gasteiger partial charge in [0.2, 0.25) is 0 Å². The van der Waals surface area contributed by atoms with E-state index in [1.165, 1.54) is 4.57 Å². The Morgan fingerprint density at radius 2 is 2.04 bits per heavy atom. The van der Waals surface area contributed by atoms with Crippen LogP contribution in [0.15, 0.2) is 50.1 Å². The second kappa shape index (κ2) is 5.92. The molecule has 0 radical (unpaired) electrons. The summed E-state index contributed by atoms with van der Waals surface area (Å²) in [5.41, 5.74) is 2.15. The zero-order valence-electron chi connectivity index (χ0n) is 12.4. The highest BCUT2D eigenvalue weighted by molar-refractivity contribution is 9.10. The smallest absolute Gasteiger partial charge is 0.419 e. The number of hydrogen-bond acceptors (Lipinski definition) is 4. The number of anilines is 1. The SMILES string of the molecule is COc1ccc(C(=O)Nc2ccc3oc(=O)n(C)c3c2)cc1Br. The average molecular weight is 377 g/mol. The first-order valence-corrected chi connectivity index (χ1v) is 7.53. The van der Waals surface area contributed by atoms with Crippen molar-refractivity contribution in [2.24, 2.45) is 7.05 Å². The number of amides is 1. The second-order valence-electron chi connectivity index (χ2n) is 4.91. The van der Waals surface area contributed by atoms with Crippen molar-refractivity contribution in [2.45, 2.75) is 0 Å². The zero-order chi connectivity index (χ0) is 16.6. The van der Waals surface area contributed by atoms with Gasteiger partial charge >= 0.3 is 5.76 Å². The molecule has 1 N–H and O–H groups in total. The molecule has 0 atom stereocenters. The summed E-state index contributed by atoms with van der Waals surface area (Å²) in [6.45, 7) is 0. The second-order valence-corrected chi connectivity index (χ2v) is 5.77. The van der Waals surface area contributed by atoms with Crippen molar-refractivity contribution in [1.82, 2.24) is 4.57 Å². The van der Waals surface area contributed by atoms with E-state index >= 15 is 0 Å². The fourth-order valence-electron chi connectivity index (χ4n) is 2.22. The van der Waals surface area contributed by atoms with Crippen LogP contribution in [0, 0.1) is 0 Å². The maximum Gasteiger partial charge on any atom is 0.419 e. The van der Waals surface area contributed by atoms with Crippen LogP contribution in [-0.2, 0) is 7.05 Å². The van der Waals surface area contributed by atoms with Gasteiger partial charge in [-0.15, -0.1) is 0 Å². The number of oxazole rings is 1. The van der Waals surface area contributed by atoms with Crippen LogP contribution in [0.1, 0.15) is 10.4 Å². The summed E-state index contributed by atoms with van der Waals surface area (Å²) in [6, 6.07) is 10.1. The van der Waals surface area contributed by atoms with Crippen molar-refractivity contribution in [1.29, 1.82) is 0 Å². The molecule has 23 heavy (non-hydrogen) atoms. The maximum atomic E-state index is 12.3. The van der Waals surface area contributed by atoms with Gasteiger partial charge in [-0.05, 0) is 52.3 Å². The van der Waals surface area contributed by atoms with Crippen molar-refractivity contribution in [3.63, 3.8) is 0 Å². The standard InChI is InChI=1S/C16H13BrN2O4/c1-19-12-8-10(4-6-14(12)23-16(19)21)18-15(20)9-3-5-13(22-2)11(17)7-9/h3-8H,1-2H3,(H,18,20). The summed E-state index contributed by atoms with van der Waals surface area (Å²) >= 11 is 3.35. The van der Waals surface area contributed by atoms with E-state index in [1.54, 1.807) is 50.6 Å². The number of carbonyl (C=O) groups excluding carboxylic acids is 1. The molecule has 1 heterocycles. The molecule has 3 aromatic rings. The Morgan fingerprint density at radius 3 is 2.74 bits per heavy atom. The first-order chi connectivity index (χ1) is 11.0. The molecule has 1 aromatic heterocycles. The maximum absolute atomic E-state index is 12.3. The molecule has 0 bridgehead atoms. The van der Waals surface area contributed by atoms with Gasteiger partial charge in [0.05, 0.1) is 17.1 Å². The Labute approximate surface area is 139 Å². The summed E-state index contributed by atoms with van der Waals surface area (Å²) < 4.78 is 12.3. The fraction of sp³-hybridized carbons (Fsp3) is 0.125. The molecule has 0 unspecified atom stereocenters. The highest BCUT2D eigenvalue weighted by atomic mass is 79.9. The number of ether oxygens (including phenoxy) is 1. The predicted octanol–water partition coefficient (Wildman–Crippen LogP) is 3.15. The highest BCUT2D eigenvalue weighted by Crippen LogP contribution is 2.26. The number of rotatable bonds is 3. The van der Waals surface area contributed by atoms with E-state index < -0.39 is 5.76 Å². The Balaban J connectivity index is 1.89. The highest BCUT2D eigenvalue weighted by Gasteiger charge is 2.11. The lowest BCUT2D eigenvalue weighted by molar-refractivity contribution is 0.102. The molecule has 0 aliphatic carbocycles. The average Bonchev–Trinajstić information content (AvgIpc) is 2.82. The molecule has 0 saturated heterocycles. The van der Waals surface area contributed by atoms with Gasteiger partial charge in [-0.2, -0.15) is 0 Å². The molecule has 118 valence electrons. The Kier molecular flexibility index (Phi) is 3.96. The minimum absolute atomic E-state index is 0.263. The number of benzene rings is 2. The Hall–Kier alpha value is -2.54. The molecule has 6 nitrogen and oxygen atoms in total. The van der Waals surface area contributed by atoms with Crippen LogP contribution in [0.25, 0.3) is 11.1 Å². The van der Waals surface area contributed by atoms with E-state index in [2.05, 4.69) is 21.2 Å². The first kappa shape index (κ1) is 15.4. The number of nitrogens with one attached hydrogen (secondary N) is 1. The van der Waals surface area contributed by atoms with Gasteiger partial charge in [0.25, 0.3) is 5.91 Å². The van der Waals surface area contributed by atoms with E-state index in [4.69, 9.17) is 9.15 Å². The molecule has 7 heteroatoms. The molecule has 3 rings (SSSR count). The van der Waals surface area contributed by atoms with Gasteiger partial charge in [-0.1, -0.05) is 0 Å². The molecule has 0 saturated carbocycles. The predicted molar refractivity (Wildman–Crippen MR) is 90.1 cm³/mol. The van der Waals surface area contributed by atoms with Crippen LogP contribution >= 0.6 is 15.9 Å². The molecule has 1 amide bonds. The van der Waals surface area contributed by atoms with Crippen molar-refractivity contribution in [2.75, 3.05) is 12.4 Å². The van der Waals surface area contributed by atoms with Crippen LogP contribution in [0.4, 0.5) is 5.69 Å². The summed E-state index contributed by atoms with van der Waals surface area (Å²) in [5, 5.41) is 2.79. The van der Waals surface area contributed by atoms with Gasteiger partial charge in [-0.25, -0.2) is 4.79 Å². The minimum atomic E-state index is -0.442. The lowest BCUT2D eigenvalue weighted by Gasteiger charge is -2.08. The van der Waals surface area contributed by atoms with Gasteiger partial charge in [0.1, 0.15) is 5.75 Å². The number of methoxy groups -OCH3 is 1. The van der Waals surface area contributed by atoms with Crippen molar-refractivity contribution < 1.29 is 13.9 Å². The molecule has 0 aliphatic heterocycles. The Morgan fingerprint density at radius 1 is 1.26 bits per heavy atom. The van der Waals surface area contributed by atoms with Gasteiger partial charge in [0, 0.05) is 18.3 Å². The number of halogens is 1. The summed E-state index contributed by atoms with van der Waals surface area (Å²) in [5.74, 6) is -0.0554. The number of hydrogen-bond donors (Lipinski definition) is 1. The lowest BCUT2D eigenvalue weighted by atomic mass is 10.2. The Bertz CT molecular complexity index is 958. The third-order valence-electron chi connectivity index (χ3n) is 3.46. The molecular weight excluding hydrogens is 364 g/mol. The molecule has 2 aromatic carbocycles. The molecule has 0 fully saturated rings. The van der Waals surface area contributed by atoms with Gasteiger partial charge in [-0.3, -0.25) is 9.36 Å². The van der Waals surface area contributed by atoms with Crippen molar-refractivity contribution in [3.05, 3.63) is 57.0 Å². The van der Waals surface area contributed by atoms with E-state index in [0.717, 1.165) is 0 Å². The summed E-state index contributed by atoms with van der Waals surface area (Å²) in [7, 11) is 3.17. The number of aromatic nitrogens is 1. The number of nitrogens with zero attached hydrogens (tertiary/aromatic N) is 1. The minimum Gasteiger partial charge on any atom is -0.496 e.